The summed E-state index contributed by atoms with van der Waals surface area (Å²) < 4.78 is 5.20. The van der Waals surface area contributed by atoms with Gasteiger partial charge >= 0.3 is 5.97 Å². The number of allylic oxidation sites excluding steroid dienone is 1. The van der Waals surface area contributed by atoms with Crippen LogP contribution in [0.3, 0.4) is 0 Å². The highest BCUT2D eigenvalue weighted by molar-refractivity contribution is 6.09. The Morgan fingerprint density at radius 3 is 2.79 bits per heavy atom. The van der Waals surface area contributed by atoms with Crippen molar-refractivity contribution in [1.82, 2.24) is 4.90 Å². The summed E-state index contributed by atoms with van der Waals surface area (Å²) in [4.78, 5) is 30.7. The molecular formula is C22H26N2O4. The average molecular weight is 382 g/mol. The molecule has 1 N–H and O–H groups in total. The molecule has 1 amide bonds. The molecule has 5 aliphatic rings. The van der Waals surface area contributed by atoms with Crippen molar-refractivity contribution in [2.45, 2.75) is 37.3 Å². The van der Waals surface area contributed by atoms with E-state index in [1.165, 1.54) is 7.11 Å². The molecule has 6 nitrogen and oxygen atoms in total. The molecule has 4 bridgehead atoms. The van der Waals surface area contributed by atoms with E-state index in [0.29, 0.717) is 12.8 Å². The van der Waals surface area contributed by atoms with Gasteiger partial charge in [-0.3, -0.25) is 14.5 Å². The molecule has 0 saturated carbocycles. The number of hydrogen-bond donors (Lipinski definition) is 1. The number of hydrogen-bond acceptors (Lipinski definition) is 5. The lowest BCUT2D eigenvalue weighted by molar-refractivity contribution is -0.175. The number of ether oxygens (including phenoxy) is 1. The van der Waals surface area contributed by atoms with Gasteiger partial charge in [0.2, 0.25) is 5.91 Å². The number of rotatable bonds is 2. The fraction of sp³-hybridized carbons (Fsp3) is 0.545. The average Bonchev–Trinajstić information content (AvgIpc) is 3.13. The smallest absolute Gasteiger partial charge is 0.316 e. The summed E-state index contributed by atoms with van der Waals surface area (Å²) in [6.45, 7) is 2.46. The summed E-state index contributed by atoms with van der Waals surface area (Å²) in [5.74, 6) is -0.357. The topological polar surface area (TPSA) is 70.1 Å². The number of carbonyl (C=O) groups is 2. The number of fused-ring (bicyclic) bond motifs is 3. The summed E-state index contributed by atoms with van der Waals surface area (Å²) in [6.07, 6.45) is 3.28. The number of anilines is 1. The SMILES string of the molecule is CC=C1CN2C3CC1C(CO)(C(=O)OC)C2CC31C(=O)N(C)c2ccccc21. The van der Waals surface area contributed by atoms with Crippen LogP contribution in [0.2, 0.25) is 0 Å². The fourth-order valence-corrected chi connectivity index (χ4v) is 6.79. The van der Waals surface area contributed by atoms with Gasteiger partial charge in [0.1, 0.15) is 5.41 Å². The number of esters is 1. The summed E-state index contributed by atoms with van der Waals surface area (Å²) in [7, 11) is 3.22. The van der Waals surface area contributed by atoms with E-state index in [1.54, 1.807) is 4.90 Å². The van der Waals surface area contributed by atoms with E-state index in [-0.39, 0.29) is 36.5 Å². The Hall–Kier alpha value is -2.18. The third-order valence-corrected chi connectivity index (χ3v) is 8.00. The number of piperidine rings is 3. The van der Waals surface area contributed by atoms with Crippen LogP contribution in [-0.4, -0.2) is 61.3 Å². The van der Waals surface area contributed by atoms with Crippen molar-refractivity contribution < 1.29 is 19.4 Å². The number of amides is 1. The molecule has 6 rings (SSSR count). The first-order valence-electron chi connectivity index (χ1n) is 9.95. The molecule has 5 aliphatic heterocycles. The highest BCUT2D eigenvalue weighted by Crippen LogP contribution is 2.65. The number of aliphatic hydroxyl groups excluding tert-OH is 1. The van der Waals surface area contributed by atoms with Crippen molar-refractivity contribution >= 4 is 17.6 Å². The molecule has 6 atom stereocenters. The number of carbonyl (C=O) groups excluding carboxylic acids is 2. The van der Waals surface area contributed by atoms with Crippen LogP contribution in [0.25, 0.3) is 0 Å². The van der Waals surface area contributed by atoms with Crippen molar-refractivity contribution in [3.8, 4) is 0 Å². The minimum Gasteiger partial charge on any atom is -0.468 e. The largest absolute Gasteiger partial charge is 0.468 e. The molecular weight excluding hydrogens is 356 g/mol. The maximum Gasteiger partial charge on any atom is 0.316 e. The third-order valence-electron chi connectivity index (χ3n) is 8.00. The molecule has 6 unspecified atom stereocenters. The van der Waals surface area contributed by atoms with Crippen LogP contribution in [0.15, 0.2) is 35.9 Å². The second-order valence-electron chi connectivity index (χ2n) is 8.60. The molecule has 4 fully saturated rings. The number of likely N-dealkylation sites (N-methyl/N-ethyl adjacent to an activating group) is 1. The van der Waals surface area contributed by atoms with Crippen LogP contribution in [-0.2, 0) is 19.7 Å². The van der Waals surface area contributed by atoms with Gasteiger partial charge in [0, 0.05) is 37.3 Å². The normalized spacial score (nSPS) is 41.8. The number of para-hydroxylation sites is 1. The third kappa shape index (κ3) is 1.72. The minimum absolute atomic E-state index is 0.0362. The van der Waals surface area contributed by atoms with Crippen LogP contribution >= 0.6 is 0 Å². The molecule has 1 spiro atoms. The molecule has 5 heterocycles. The Kier molecular flexibility index (Phi) is 3.62. The van der Waals surface area contributed by atoms with Crippen molar-refractivity contribution in [2.75, 3.05) is 32.2 Å². The summed E-state index contributed by atoms with van der Waals surface area (Å²) >= 11 is 0. The minimum atomic E-state index is -1.01. The van der Waals surface area contributed by atoms with E-state index < -0.39 is 10.8 Å². The second-order valence-corrected chi connectivity index (χ2v) is 8.60. The van der Waals surface area contributed by atoms with Crippen LogP contribution in [0, 0.1) is 11.3 Å². The van der Waals surface area contributed by atoms with Crippen LogP contribution in [0.1, 0.15) is 25.3 Å². The predicted octanol–water partition coefficient (Wildman–Crippen LogP) is 1.48. The van der Waals surface area contributed by atoms with Gasteiger partial charge < -0.3 is 14.7 Å². The molecule has 0 aromatic heterocycles. The van der Waals surface area contributed by atoms with E-state index in [4.69, 9.17) is 4.74 Å². The predicted molar refractivity (Wildman–Crippen MR) is 104 cm³/mol. The first-order chi connectivity index (χ1) is 13.5. The molecule has 4 saturated heterocycles. The molecule has 0 aliphatic carbocycles. The first-order valence-corrected chi connectivity index (χ1v) is 9.95. The monoisotopic (exact) mass is 382 g/mol. The van der Waals surface area contributed by atoms with Gasteiger partial charge in [-0.25, -0.2) is 0 Å². The number of methoxy groups -OCH3 is 1. The molecule has 6 heteroatoms. The van der Waals surface area contributed by atoms with E-state index in [2.05, 4.69) is 17.0 Å². The van der Waals surface area contributed by atoms with Crippen LogP contribution in [0.4, 0.5) is 5.69 Å². The van der Waals surface area contributed by atoms with Gasteiger partial charge in [0.25, 0.3) is 0 Å². The number of benzene rings is 1. The maximum atomic E-state index is 13.6. The molecule has 1 aromatic rings. The zero-order chi connectivity index (χ0) is 19.8. The Labute approximate surface area is 164 Å². The maximum absolute atomic E-state index is 13.6. The van der Waals surface area contributed by atoms with Crippen molar-refractivity contribution in [1.29, 1.82) is 0 Å². The standard InChI is InChI=1S/C22H26N2O4/c1-4-13-11-24-17-9-15(13)22(12-25,20(27)28-3)18(24)10-21(17)14-7-5-6-8-16(14)23(2)19(21)26/h4-8,15,17-18,25H,9-12H2,1-3H3. The number of aliphatic hydroxyl groups is 1. The lowest BCUT2D eigenvalue weighted by atomic mass is 9.60. The Balaban J connectivity index is 1.72. The Bertz CT molecular complexity index is 912. The van der Waals surface area contributed by atoms with Crippen molar-refractivity contribution in [3.05, 3.63) is 41.5 Å². The summed E-state index contributed by atoms with van der Waals surface area (Å²) in [5.41, 5.74) is 1.51. The Morgan fingerprint density at radius 2 is 2.11 bits per heavy atom. The van der Waals surface area contributed by atoms with Gasteiger partial charge in [-0.05, 0) is 31.4 Å². The van der Waals surface area contributed by atoms with E-state index in [1.807, 2.05) is 32.2 Å². The second kappa shape index (κ2) is 5.67. The zero-order valence-corrected chi connectivity index (χ0v) is 16.5. The summed E-state index contributed by atoms with van der Waals surface area (Å²) in [6, 6.07) is 7.82. The van der Waals surface area contributed by atoms with Crippen LogP contribution < -0.4 is 4.90 Å². The molecule has 0 radical (unpaired) electrons. The Morgan fingerprint density at radius 1 is 1.36 bits per heavy atom. The van der Waals surface area contributed by atoms with E-state index in [9.17, 15) is 14.7 Å². The molecule has 1 aromatic carbocycles. The van der Waals surface area contributed by atoms with Gasteiger partial charge in [0.05, 0.1) is 19.1 Å². The van der Waals surface area contributed by atoms with Crippen LogP contribution in [0.5, 0.6) is 0 Å². The van der Waals surface area contributed by atoms with Crippen molar-refractivity contribution in [2.24, 2.45) is 11.3 Å². The summed E-state index contributed by atoms with van der Waals surface area (Å²) in [5, 5.41) is 10.5. The van der Waals surface area contributed by atoms with Gasteiger partial charge in [0.15, 0.2) is 0 Å². The van der Waals surface area contributed by atoms with Gasteiger partial charge in [-0.1, -0.05) is 29.8 Å². The first kappa shape index (κ1) is 17.9. The highest BCUT2D eigenvalue weighted by Gasteiger charge is 2.74. The quantitative estimate of drug-likeness (QED) is 0.620. The fourth-order valence-electron chi connectivity index (χ4n) is 6.79. The van der Waals surface area contributed by atoms with E-state index in [0.717, 1.165) is 23.4 Å². The van der Waals surface area contributed by atoms with E-state index >= 15 is 0 Å². The molecule has 28 heavy (non-hydrogen) atoms. The molecule has 148 valence electrons. The lowest BCUT2D eigenvalue weighted by Crippen LogP contribution is -2.67. The van der Waals surface area contributed by atoms with Crippen molar-refractivity contribution in [3.63, 3.8) is 0 Å². The lowest BCUT2D eigenvalue weighted by Gasteiger charge is -2.57. The number of nitrogens with zero attached hydrogens (tertiary/aromatic N) is 2. The highest BCUT2D eigenvalue weighted by atomic mass is 16.5. The zero-order valence-electron chi connectivity index (χ0n) is 16.5. The van der Waals surface area contributed by atoms with Gasteiger partial charge in [-0.2, -0.15) is 0 Å². The van der Waals surface area contributed by atoms with Gasteiger partial charge in [-0.15, -0.1) is 0 Å².